The predicted molar refractivity (Wildman–Crippen MR) is 50.8 cm³/mol. The smallest absolute Gasteiger partial charge is 0.287 e. The van der Waals surface area contributed by atoms with Crippen molar-refractivity contribution in [2.75, 3.05) is 18.8 Å². The molecule has 3 nitrogen and oxygen atoms in total. The van der Waals surface area contributed by atoms with Gasteiger partial charge in [0, 0.05) is 0 Å². The van der Waals surface area contributed by atoms with Gasteiger partial charge in [-0.3, -0.25) is 4.85 Å². The molecule has 0 saturated carbocycles. The van der Waals surface area contributed by atoms with E-state index < -0.39 is 0 Å². The quantitative estimate of drug-likeness (QED) is 0.540. The van der Waals surface area contributed by atoms with E-state index in [9.17, 15) is 0 Å². The van der Waals surface area contributed by atoms with E-state index in [0.717, 1.165) is 31.7 Å². The molecule has 0 bridgehead atoms. The fourth-order valence-electron chi connectivity index (χ4n) is 1.81. The number of hydrogen-bond acceptors (Lipinski definition) is 3. The van der Waals surface area contributed by atoms with Crippen molar-refractivity contribution in [3.8, 4) is 0 Å². The fraction of sp³-hybridized carbons (Fsp3) is 0.875. The molecule has 0 aromatic rings. The Labute approximate surface area is 77.1 Å². The van der Waals surface area contributed by atoms with E-state index in [-0.39, 0.29) is 11.0 Å². The Morgan fingerprint density at radius 2 is 2.17 bits per heavy atom. The lowest BCUT2D eigenvalue weighted by atomic mass is 10.1. The molecule has 2 saturated heterocycles. The summed E-state index contributed by atoms with van der Waals surface area (Å²) in [7, 11) is 0. The van der Waals surface area contributed by atoms with Gasteiger partial charge in [0.2, 0.25) is 0 Å². The number of rotatable bonds is 0. The molecule has 4 heteroatoms. The molecule has 1 atom stereocenters. The van der Waals surface area contributed by atoms with Crippen LogP contribution in [0.25, 0.3) is 4.85 Å². The third kappa shape index (κ3) is 1.45. The summed E-state index contributed by atoms with van der Waals surface area (Å²) in [5, 5.41) is 6.76. The summed E-state index contributed by atoms with van der Waals surface area (Å²) in [5.74, 6) is 0.962. The first-order valence-electron chi connectivity index (χ1n) is 4.34. The summed E-state index contributed by atoms with van der Waals surface area (Å²) in [6, 6.07) is 0. The Bertz CT molecular complexity index is 205. The van der Waals surface area contributed by atoms with Crippen LogP contribution in [0.1, 0.15) is 12.8 Å². The first kappa shape index (κ1) is 8.36. The van der Waals surface area contributed by atoms with Crippen LogP contribution in [0.15, 0.2) is 0 Å². The third-order valence-corrected chi connectivity index (χ3v) is 4.08. The van der Waals surface area contributed by atoms with Gasteiger partial charge < -0.3 is 5.32 Å². The highest BCUT2D eigenvalue weighted by Crippen LogP contribution is 2.37. The van der Waals surface area contributed by atoms with Crippen LogP contribution in [0.3, 0.4) is 0 Å². The van der Waals surface area contributed by atoms with E-state index in [1.807, 2.05) is 11.8 Å². The van der Waals surface area contributed by atoms with Crippen molar-refractivity contribution in [1.82, 2.24) is 10.6 Å². The van der Waals surface area contributed by atoms with Crippen molar-refractivity contribution in [3.63, 3.8) is 0 Å². The maximum absolute atomic E-state index is 6.94. The molecule has 2 rings (SSSR count). The minimum absolute atomic E-state index is 0.0631. The van der Waals surface area contributed by atoms with E-state index >= 15 is 0 Å². The molecule has 0 aliphatic carbocycles. The Morgan fingerprint density at radius 3 is 2.75 bits per heavy atom. The largest absolute Gasteiger partial charge is 0.317 e. The van der Waals surface area contributed by atoms with Crippen LogP contribution in [0.2, 0.25) is 0 Å². The van der Waals surface area contributed by atoms with Crippen molar-refractivity contribution in [2.45, 2.75) is 23.9 Å². The molecule has 0 aromatic heterocycles. The molecule has 12 heavy (non-hydrogen) atoms. The van der Waals surface area contributed by atoms with Gasteiger partial charge in [0.25, 0.3) is 6.17 Å². The van der Waals surface area contributed by atoms with E-state index in [1.54, 1.807) is 0 Å². The predicted octanol–water partition coefficient (Wildman–Crippen LogP) is 0.648. The molecule has 0 amide bonds. The normalized spacial score (nSPS) is 33.4. The van der Waals surface area contributed by atoms with Crippen molar-refractivity contribution in [2.24, 2.45) is 0 Å². The SMILES string of the molecule is [C-]#[N+][C@@H]1CSC2(CCNCC2)N1. The Balaban J connectivity index is 1.99. The van der Waals surface area contributed by atoms with Crippen molar-refractivity contribution < 1.29 is 0 Å². The van der Waals surface area contributed by atoms with Gasteiger partial charge in [-0.25, -0.2) is 11.9 Å². The number of piperidine rings is 1. The second kappa shape index (κ2) is 3.25. The lowest BCUT2D eigenvalue weighted by Crippen LogP contribution is -2.48. The zero-order chi connectivity index (χ0) is 8.44. The van der Waals surface area contributed by atoms with Crippen LogP contribution in [0.5, 0.6) is 0 Å². The highest BCUT2D eigenvalue weighted by molar-refractivity contribution is 8.00. The molecule has 2 aliphatic heterocycles. The zero-order valence-corrected chi connectivity index (χ0v) is 7.78. The van der Waals surface area contributed by atoms with E-state index in [1.165, 1.54) is 0 Å². The Hall–Kier alpha value is -0.240. The van der Waals surface area contributed by atoms with Crippen LogP contribution in [0.4, 0.5) is 0 Å². The molecule has 1 spiro atoms. The molecule has 2 heterocycles. The maximum Gasteiger partial charge on any atom is 0.287 e. The highest BCUT2D eigenvalue weighted by Gasteiger charge is 2.42. The summed E-state index contributed by atoms with van der Waals surface area (Å²) >= 11 is 1.93. The van der Waals surface area contributed by atoms with Crippen LogP contribution < -0.4 is 10.6 Å². The van der Waals surface area contributed by atoms with Gasteiger partial charge in [0.1, 0.15) is 0 Å². The van der Waals surface area contributed by atoms with E-state index in [2.05, 4.69) is 15.5 Å². The number of hydrogen-bond donors (Lipinski definition) is 2. The molecular formula is C8H13N3S. The average molecular weight is 183 g/mol. The van der Waals surface area contributed by atoms with Gasteiger partial charge in [-0.2, -0.15) is 0 Å². The first-order chi connectivity index (χ1) is 5.85. The summed E-state index contributed by atoms with van der Waals surface area (Å²) in [6.45, 7) is 9.11. The van der Waals surface area contributed by atoms with Crippen LogP contribution in [-0.2, 0) is 0 Å². The molecule has 0 unspecified atom stereocenters. The third-order valence-electron chi connectivity index (χ3n) is 2.51. The van der Waals surface area contributed by atoms with Gasteiger partial charge in [0.05, 0.1) is 10.6 Å². The van der Waals surface area contributed by atoms with Crippen LogP contribution >= 0.6 is 11.8 Å². The van der Waals surface area contributed by atoms with E-state index in [0.29, 0.717) is 0 Å². The first-order valence-corrected chi connectivity index (χ1v) is 5.32. The zero-order valence-electron chi connectivity index (χ0n) is 6.97. The molecule has 0 aromatic carbocycles. The highest BCUT2D eigenvalue weighted by atomic mass is 32.2. The molecule has 0 radical (unpaired) electrons. The van der Waals surface area contributed by atoms with Crippen LogP contribution in [-0.4, -0.2) is 29.9 Å². The molecule has 66 valence electrons. The topological polar surface area (TPSA) is 28.4 Å². The average Bonchev–Trinajstić information content (AvgIpc) is 2.50. The van der Waals surface area contributed by atoms with Crippen molar-refractivity contribution >= 4 is 11.8 Å². The minimum Gasteiger partial charge on any atom is -0.317 e. The summed E-state index contributed by atoms with van der Waals surface area (Å²) in [6.07, 6.45) is 2.38. The summed E-state index contributed by atoms with van der Waals surface area (Å²) in [4.78, 5) is 3.77. The standard InChI is InChI=1S/C8H13N3S/c1-9-7-6-12-8(11-7)2-4-10-5-3-8/h7,10-11H,2-6H2/t7-/m0/s1. The number of nitrogens with one attached hydrogen (secondary N) is 2. The lowest BCUT2D eigenvalue weighted by molar-refractivity contribution is 0.356. The molecular weight excluding hydrogens is 170 g/mol. The lowest BCUT2D eigenvalue weighted by Gasteiger charge is -2.32. The van der Waals surface area contributed by atoms with Gasteiger partial charge in [-0.15, -0.1) is 11.8 Å². The Morgan fingerprint density at radius 1 is 1.42 bits per heavy atom. The second-order valence-corrected chi connectivity index (χ2v) is 4.75. The monoisotopic (exact) mass is 183 g/mol. The van der Waals surface area contributed by atoms with Gasteiger partial charge >= 0.3 is 0 Å². The number of thioether (sulfide) groups is 1. The van der Waals surface area contributed by atoms with E-state index in [4.69, 9.17) is 6.57 Å². The molecule has 2 aliphatic rings. The molecule has 2 N–H and O–H groups in total. The second-order valence-electron chi connectivity index (χ2n) is 3.34. The van der Waals surface area contributed by atoms with Crippen molar-refractivity contribution in [1.29, 1.82) is 0 Å². The Kier molecular flexibility index (Phi) is 2.26. The van der Waals surface area contributed by atoms with Crippen molar-refractivity contribution in [3.05, 3.63) is 11.4 Å². The number of nitrogens with zero attached hydrogens (tertiary/aromatic N) is 1. The summed E-state index contributed by atoms with van der Waals surface area (Å²) < 4.78 is 0. The minimum atomic E-state index is 0.0631. The van der Waals surface area contributed by atoms with Gasteiger partial charge in [-0.1, -0.05) is 0 Å². The van der Waals surface area contributed by atoms with Gasteiger partial charge in [0.15, 0.2) is 0 Å². The summed E-state index contributed by atoms with van der Waals surface area (Å²) in [5.41, 5.74) is 0. The maximum atomic E-state index is 6.94. The van der Waals surface area contributed by atoms with Gasteiger partial charge in [-0.05, 0) is 25.9 Å². The molecule has 2 fully saturated rings. The fourth-order valence-corrected chi connectivity index (χ4v) is 3.16. The van der Waals surface area contributed by atoms with Crippen LogP contribution in [0, 0.1) is 6.57 Å².